The van der Waals surface area contributed by atoms with E-state index in [1.54, 1.807) is 0 Å². The van der Waals surface area contributed by atoms with Crippen molar-refractivity contribution in [2.24, 2.45) is 9.98 Å². The number of allylic oxidation sites excluding steroid dienone is 4. The number of para-hydroxylation sites is 2. The minimum atomic E-state index is 0.947. The van der Waals surface area contributed by atoms with Crippen LogP contribution in [-0.4, -0.2) is 11.9 Å². The minimum Gasteiger partial charge on any atom is -0.255 e. The third kappa shape index (κ3) is 42.3. The molecule has 0 N–H and O–H groups in total. The molecule has 0 aliphatic rings. The third-order valence-electron chi connectivity index (χ3n) is 15.1. The fraction of sp³-hybridized carbons (Fsp3) is 0.739. The van der Waals surface area contributed by atoms with Crippen LogP contribution in [0.25, 0.3) is 0 Å². The topological polar surface area (TPSA) is 24.7 Å². The molecule has 0 heterocycles. The van der Waals surface area contributed by atoms with Crippen LogP contribution in [0.3, 0.4) is 0 Å². The van der Waals surface area contributed by atoms with Gasteiger partial charge < -0.3 is 0 Å². The summed E-state index contributed by atoms with van der Waals surface area (Å²) in [5.41, 5.74) is 5.71. The molecule has 0 aliphatic heterocycles. The molecule has 0 saturated carbocycles. The highest BCUT2D eigenvalue weighted by Gasteiger charge is 2.03. The predicted molar refractivity (Wildman–Crippen MR) is 323 cm³/mol. The molecule has 2 nitrogen and oxygen atoms in total. The molecule has 2 aromatic carbocycles. The van der Waals surface area contributed by atoms with Crippen molar-refractivity contribution >= 4 is 23.3 Å². The van der Waals surface area contributed by atoms with E-state index in [2.05, 4.69) is 93.6 Å². The number of aryl methyl sites for hydroxylation is 2. The average Bonchev–Trinajstić information content (AvgIpc) is 3.38. The zero-order valence-electron chi connectivity index (χ0n) is 47.8. The molecule has 0 radical (unpaired) electrons. The summed E-state index contributed by atoms with van der Waals surface area (Å²) in [5, 5.41) is 0. The van der Waals surface area contributed by atoms with Gasteiger partial charge in [-0.2, -0.15) is 0 Å². The van der Waals surface area contributed by atoms with Gasteiger partial charge >= 0.3 is 0 Å². The van der Waals surface area contributed by atoms with Crippen LogP contribution < -0.4 is 0 Å². The molecule has 71 heavy (non-hydrogen) atoms. The summed E-state index contributed by atoms with van der Waals surface area (Å²) < 4.78 is 0. The second kappa shape index (κ2) is 52.1. The number of nitrogens with zero attached hydrogens (tertiary/aromatic N) is 2. The van der Waals surface area contributed by atoms with Crippen LogP contribution in [0.2, 0.25) is 0 Å². The normalized spacial score (nSPS) is 12.2. The Hall–Kier alpha value is -2.74. The lowest BCUT2D eigenvalue weighted by atomic mass is 10.0. The van der Waals surface area contributed by atoms with E-state index < -0.39 is 0 Å². The Labute approximate surface area is 444 Å². The SMILES string of the molecule is CCCCCCCCCCCCCCCCCCCCCCCC=CCCc1ccccc1N=CC(C)=Nc1ccccc1CCC=CCCCCCCCCCCCCCCCCCCCCCCC. The minimum absolute atomic E-state index is 0.947. The number of unbranched alkanes of at least 4 members (excludes halogenated alkanes) is 42. The monoisotopic (exact) mass is 975 g/mol. The smallest absolute Gasteiger partial charge is 0.0665 e. The van der Waals surface area contributed by atoms with Gasteiger partial charge in [0.05, 0.1) is 17.1 Å². The highest BCUT2D eigenvalue weighted by Crippen LogP contribution is 2.24. The van der Waals surface area contributed by atoms with E-state index in [0.29, 0.717) is 0 Å². The lowest BCUT2D eigenvalue weighted by Gasteiger charge is -2.06. The van der Waals surface area contributed by atoms with Crippen molar-refractivity contribution in [3.8, 4) is 0 Å². The number of hydrogen-bond donors (Lipinski definition) is 0. The van der Waals surface area contributed by atoms with Gasteiger partial charge in [0.25, 0.3) is 0 Å². The molecule has 0 spiro atoms. The summed E-state index contributed by atoms with van der Waals surface area (Å²) in [6.07, 6.45) is 78.7. The molecule has 2 aromatic rings. The molecule has 0 amide bonds. The molecule has 0 fully saturated rings. The number of rotatable bonds is 53. The molecule has 0 bridgehead atoms. The standard InChI is InChI=1S/C69H118N2/c1-4-6-8-10-12-14-16-18-20-22-24-26-28-30-32-34-36-38-40-42-44-46-48-50-52-58-66-60-54-56-62-68(66)70-64-65(3)71-69-63-57-55-61-67(69)59-53-51-49-47-45-43-41-39-37-35-33-31-29-27-25-23-21-19-17-15-13-11-9-7-5-2/h48-51,54-57,60-64H,4-47,52-53,58-59H2,1-3H3. The molecular weight excluding hydrogens is 857 g/mol. The van der Waals surface area contributed by atoms with Crippen LogP contribution in [-0.2, 0) is 12.8 Å². The summed E-state index contributed by atoms with van der Waals surface area (Å²) in [4.78, 5) is 9.93. The second-order valence-electron chi connectivity index (χ2n) is 22.0. The first-order valence-electron chi connectivity index (χ1n) is 31.8. The second-order valence-corrected chi connectivity index (χ2v) is 22.0. The largest absolute Gasteiger partial charge is 0.255 e. The molecule has 0 aromatic heterocycles. The fourth-order valence-corrected chi connectivity index (χ4v) is 10.4. The lowest BCUT2D eigenvalue weighted by Crippen LogP contribution is -1.94. The van der Waals surface area contributed by atoms with Crippen molar-refractivity contribution in [2.75, 3.05) is 0 Å². The van der Waals surface area contributed by atoms with E-state index in [4.69, 9.17) is 9.98 Å². The zero-order valence-corrected chi connectivity index (χ0v) is 47.8. The van der Waals surface area contributed by atoms with Gasteiger partial charge in [-0.1, -0.05) is 331 Å². The summed E-state index contributed by atoms with van der Waals surface area (Å²) in [6.45, 7) is 6.69. The molecule has 2 heteroatoms. The van der Waals surface area contributed by atoms with Crippen LogP contribution in [0.15, 0.2) is 82.8 Å². The van der Waals surface area contributed by atoms with E-state index >= 15 is 0 Å². The van der Waals surface area contributed by atoms with Crippen molar-refractivity contribution < 1.29 is 0 Å². The predicted octanol–water partition coefficient (Wildman–Crippen LogP) is 24.4. The highest BCUT2D eigenvalue weighted by molar-refractivity contribution is 6.30. The Bertz CT molecular complexity index is 1530. The van der Waals surface area contributed by atoms with Gasteiger partial charge in [0, 0.05) is 6.21 Å². The summed E-state index contributed by atoms with van der Waals surface area (Å²) >= 11 is 0. The molecule has 0 atom stereocenters. The van der Waals surface area contributed by atoms with Crippen LogP contribution in [0.1, 0.15) is 327 Å². The summed E-state index contributed by atoms with van der Waals surface area (Å²) in [6, 6.07) is 17.3. The quantitative estimate of drug-likeness (QED) is 0.0359. The van der Waals surface area contributed by atoms with E-state index in [-0.39, 0.29) is 0 Å². The molecule has 0 unspecified atom stereocenters. The van der Waals surface area contributed by atoms with Gasteiger partial charge in [0.15, 0.2) is 0 Å². The maximum Gasteiger partial charge on any atom is 0.0665 e. The number of aliphatic imine (C=N–C) groups is 2. The summed E-state index contributed by atoms with van der Waals surface area (Å²) in [5.74, 6) is 0. The van der Waals surface area contributed by atoms with Crippen molar-refractivity contribution in [3.05, 3.63) is 84.0 Å². The maximum atomic E-state index is 5.01. The Morgan fingerprint density at radius 1 is 0.310 bits per heavy atom. The first-order valence-corrected chi connectivity index (χ1v) is 31.8. The summed E-state index contributed by atoms with van der Waals surface area (Å²) in [7, 11) is 0. The van der Waals surface area contributed by atoms with E-state index in [0.717, 1.165) is 42.8 Å². The van der Waals surface area contributed by atoms with Crippen molar-refractivity contribution in [3.63, 3.8) is 0 Å². The van der Waals surface area contributed by atoms with Gasteiger partial charge in [0.1, 0.15) is 0 Å². The van der Waals surface area contributed by atoms with Gasteiger partial charge in [-0.05, 0) is 81.5 Å². The van der Waals surface area contributed by atoms with Crippen molar-refractivity contribution in [1.29, 1.82) is 0 Å². The van der Waals surface area contributed by atoms with E-state index in [1.165, 1.54) is 294 Å². The average molecular weight is 976 g/mol. The van der Waals surface area contributed by atoms with E-state index in [9.17, 15) is 0 Å². The maximum absolute atomic E-state index is 5.01. The Morgan fingerprint density at radius 3 is 0.887 bits per heavy atom. The van der Waals surface area contributed by atoms with Crippen molar-refractivity contribution in [1.82, 2.24) is 0 Å². The Balaban J connectivity index is 1.45. The third-order valence-corrected chi connectivity index (χ3v) is 15.1. The first kappa shape index (κ1) is 64.4. The molecular formula is C69H118N2. The molecule has 0 saturated heterocycles. The van der Waals surface area contributed by atoms with Crippen molar-refractivity contribution in [2.45, 2.75) is 329 Å². The van der Waals surface area contributed by atoms with Gasteiger partial charge in [-0.3, -0.25) is 9.98 Å². The van der Waals surface area contributed by atoms with Crippen LogP contribution in [0, 0.1) is 0 Å². The van der Waals surface area contributed by atoms with Gasteiger partial charge in [-0.25, -0.2) is 0 Å². The Morgan fingerprint density at radius 2 is 0.563 bits per heavy atom. The molecule has 0 aliphatic carbocycles. The number of benzene rings is 2. The van der Waals surface area contributed by atoms with Gasteiger partial charge in [-0.15, -0.1) is 0 Å². The highest BCUT2D eigenvalue weighted by atomic mass is 14.8. The van der Waals surface area contributed by atoms with Crippen LogP contribution >= 0.6 is 0 Å². The lowest BCUT2D eigenvalue weighted by molar-refractivity contribution is 0.520. The zero-order chi connectivity index (χ0) is 50.4. The van der Waals surface area contributed by atoms with Crippen LogP contribution in [0.4, 0.5) is 11.4 Å². The molecule has 2 rings (SSSR count). The molecule has 404 valence electrons. The number of hydrogen-bond acceptors (Lipinski definition) is 2. The van der Waals surface area contributed by atoms with Crippen LogP contribution in [0.5, 0.6) is 0 Å². The van der Waals surface area contributed by atoms with Gasteiger partial charge in [0.2, 0.25) is 0 Å². The van der Waals surface area contributed by atoms with E-state index in [1.807, 2.05) is 6.21 Å². The Kier molecular flexibility index (Phi) is 47.3. The first-order chi connectivity index (χ1) is 35.2. The fourth-order valence-electron chi connectivity index (χ4n) is 10.4.